The fourth-order valence-electron chi connectivity index (χ4n) is 10.9. The van der Waals surface area contributed by atoms with Gasteiger partial charge in [0.25, 0.3) is 23.6 Å². The van der Waals surface area contributed by atoms with Crippen molar-refractivity contribution in [3.05, 3.63) is 108 Å². The van der Waals surface area contributed by atoms with E-state index in [2.05, 4.69) is 4.74 Å². The Morgan fingerprint density at radius 2 is 0.430 bits per heavy atom. The lowest BCUT2D eigenvalue weighted by atomic mass is 9.96. The maximum Gasteiger partial charge on any atom is 0.347 e. The number of amides is 4. The number of carbonyl (C=O) groups excluding carboxylic acids is 15. The number of aliphatic carboxylic acids is 3. The molecule has 2 aliphatic rings. The number of hydrogen-bond acceptors (Lipinski definition) is 35. The molecule has 2 heterocycles. The van der Waals surface area contributed by atoms with Gasteiger partial charge in [-0.1, -0.05) is 195 Å². The van der Waals surface area contributed by atoms with Crippen LogP contribution in [0.15, 0.2) is 91.0 Å². The number of hydrogen-bond donors (Lipinski definition) is 5. The van der Waals surface area contributed by atoms with Gasteiger partial charge in [-0.2, -0.15) is 0 Å². The number of carbonyl (C=O) groups is 18. The Balaban J connectivity index is 0.00000169. The van der Waals surface area contributed by atoms with Gasteiger partial charge in [0, 0.05) is 25.7 Å². The number of nitrogens with zero attached hydrogens (tertiary/aromatic N) is 2. The molecule has 3 aromatic rings. The van der Waals surface area contributed by atoms with Crippen LogP contribution in [0.5, 0.6) is 0 Å². The molecule has 40 heteroatoms. The molecule has 40 nitrogen and oxygen atoms in total. The van der Waals surface area contributed by atoms with Gasteiger partial charge in [-0.3, -0.25) is 76.7 Å². The third-order valence-corrected chi connectivity index (χ3v) is 17.6. The van der Waals surface area contributed by atoms with E-state index in [4.69, 9.17) is 92.1 Å². The summed E-state index contributed by atoms with van der Waals surface area (Å²) in [5.41, 5.74) is 2.48. The van der Waals surface area contributed by atoms with Gasteiger partial charge >= 0.3 is 83.6 Å². The van der Waals surface area contributed by atoms with Gasteiger partial charge in [0.2, 0.25) is 0 Å². The normalized spacial score (nSPS) is 13.7. The van der Waals surface area contributed by atoms with Gasteiger partial charge in [-0.05, 0) is 58.1 Å². The molecule has 7 atom stereocenters. The van der Waals surface area contributed by atoms with Crippen LogP contribution >= 0.6 is 0 Å². The van der Waals surface area contributed by atoms with E-state index in [1.165, 1.54) is 0 Å². The summed E-state index contributed by atoms with van der Waals surface area (Å²) in [5, 5.41) is 43.7. The Kier molecular flexibility index (Phi) is 59.0. The Hall–Kier alpha value is -11.7. The molecule has 0 bridgehead atoms. The number of imide groups is 2. The largest absolute Gasteiger partial charge is 0.481 e. The van der Waals surface area contributed by atoms with E-state index in [1.54, 1.807) is 96.9 Å². The number of aliphatic hydroxyl groups is 2. The lowest BCUT2D eigenvalue weighted by Gasteiger charge is -2.21. The average molecular weight is 1820 g/mol. The highest BCUT2D eigenvalue weighted by atomic mass is 16.7. The molecule has 3 aromatic carbocycles. The summed E-state index contributed by atoms with van der Waals surface area (Å²) >= 11 is 0. The van der Waals surface area contributed by atoms with Crippen LogP contribution in [0, 0.1) is 82.9 Å². The summed E-state index contributed by atoms with van der Waals surface area (Å²) < 4.78 is 66.0. The first-order chi connectivity index (χ1) is 60.1. The Morgan fingerprint density at radius 3 is 0.617 bits per heavy atom. The minimum Gasteiger partial charge on any atom is -0.481 e. The summed E-state index contributed by atoms with van der Waals surface area (Å²) in [6.45, 7) is 22.8. The van der Waals surface area contributed by atoms with Crippen LogP contribution in [-0.4, -0.2) is 249 Å². The molecule has 5 N–H and O–H groups in total. The molecule has 2 saturated heterocycles. The summed E-state index contributed by atoms with van der Waals surface area (Å²) in [4.78, 5) is 223. The summed E-state index contributed by atoms with van der Waals surface area (Å²) in [6, 6.07) is 27.5. The molecular formula is C88H126N2O38. The second-order valence-corrected chi connectivity index (χ2v) is 30.2. The smallest absolute Gasteiger partial charge is 0.347 e. The van der Waals surface area contributed by atoms with Gasteiger partial charge < -0.3 is 96.8 Å². The topological polar surface area (TPSA) is 553 Å². The fourth-order valence-corrected chi connectivity index (χ4v) is 10.9. The van der Waals surface area contributed by atoms with Crippen molar-refractivity contribution < 1.29 is 183 Å². The number of ether oxygens (including phenoxy) is 13. The van der Waals surface area contributed by atoms with Crippen molar-refractivity contribution in [3.63, 3.8) is 0 Å². The van der Waals surface area contributed by atoms with Crippen molar-refractivity contribution in [3.8, 4) is 0 Å². The summed E-state index contributed by atoms with van der Waals surface area (Å²) in [7, 11) is 0. The molecule has 0 spiro atoms. The van der Waals surface area contributed by atoms with Gasteiger partial charge in [0.05, 0.1) is 66.1 Å². The van der Waals surface area contributed by atoms with Gasteiger partial charge in [0.1, 0.15) is 59.5 Å². The first-order valence-corrected chi connectivity index (χ1v) is 41.1. The highest BCUT2D eigenvalue weighted by Crippen LogP contribution is 2.24. The minimum absolute atomic E-state index is 0. The van der Waals surface area contributed by atoms with Crippen molar-refractivity contribution in [1.82, 2.24) is 10.1 Å². The van der Waals surface area contributed by atoms with E-state index in [0.29, 0.717) is 23.3 Å². The zero-order valence-electron chi connectivity index (χ0n) is 74.1. The van der Waals surface area contributed by atoms with Crippen molar-refractivity contribution >= 4 is 107 Å². The molecule has 0 aliphatic carbocycles. The Bertz CT molecular complexity index is 3700. The van der Waals surface area contributed by atoms with E-state index >= 15 is 0 Å². The summed E-state index contributed by atoms with van der Waals surface area (Å²) in [6.07, 6.45) is -0.340. The van der Waals surface area contributed by atoms with Crippen molar-refractivity contribution in [2.75, 3.05) is 106 Å². The van der Waals surface area contributed by atoms with Crippen molar-refractivity contribution in [2.45, 2.75) is 150 Å². The van der Waals surface area contributed by atoms with Gasteiger partial charge in [0.15, 0.2) is 41.4 Å². The maximum atomic E-state index is 12.5. The van der Waals surface area contributed by atoms with Crippen LogP contribution in [0.25, 0.3) is 0 Å². The van der Waals surface area contributed by atoms with Gasteiger partial charge in [-0.25, -0.2) is 9.59 Å². The molecular weight excluding hydrogens is 1690 g/mol. The predicted molar refractivity (Wildman–Crippen MR) is 444 cm³/mol. The van der Waals surface area contributed by atoms with Crippen molar-refractivity contribution in [2.24, 2.45) is 82.9 Å². The molecule has 128 heavy (non-hydrogen) atoms. The molecule has 4 amide bonds. The molecule has 716 valence electrons. The SMILES string of the molecule is C.CC(C)[C@H](C(=O)O)C(=O)OCCOCCOC(=O)[C@H](C(=O)O)C(C)C.CC(C)[C@H](C(=O)O)C(=O)OCc1ccccc1.CC(C)[C@H](C(=O)OCCOCCOC(=O)[C@@H](C(=O)OCc1ccccc1)C(C)C)C(=O)OCc1ccccc1.CC(C)[C@H](C(=O)OCCOCCOC(=O)[C@@H](C(=O)ON1C(=O)CCC1=O)C(C)C)C(=O)ON1C(=O)CCC1=O.OCCOCCO. The number of carboxylic acids is 3. The van der Waals surface area contributed by atoms with Crippen LogP contribution in [0.2, 0.25) is 0 Å². The van der Waals surface area contributed by atoms with Crippen molar-refractivity contribution in [1.29, 1.82) is 0 Å². The Morgan fingerprint density at radius 1 is 0.258 bits per heavy atom. The number of esters is 9. The maximum absolute atomic E-state index is 12.5. The van der Waals surface area contributed by atoms with Crippen LogP contribution in [0.4, 0.5) is 0 Å². The fraction of sp³-hybridized carbons (Fsp3) is 0.591. The lowest BCUT2D eigenvalue weighted by molar-refractivity contribution is -0.204. The second-order valence-electron chi connectivity index (χ2n) is 30.2. The Labute approximate surface area is 743 Å². The number of benzene rings is 3. The van der Waals surface area contributed by atoms with E-state index in [-0.39, 0.29) is 163 Å². The van der Waals surface area contributed by atoms with Crippen LogP contribution in [0.3, 0.4) is 0 Å². The van der Waals surface area contributed by atoms with E-state index in [1.807, 2.05) is 91.0 Å². The number of aliphatic hydroxyl groups excluding tert-OH is 2. The molecule has 0 aromatic heterocycles. The average Bonchev–Trinajstić information content (AvgIpc) is 1.76. The highest BCUT2D eigenvalue weighted by molar-refractivity contribution is 6.04. The van der Waals surface area contributed by atoms with E-state index in [9.17, 15) is 86.3 Å². The molecule has 0 radical (unpaired) electrons. The zero-order chi connectivity index (χ0) is 95.8. The molecule has 2 aliphatic heterocycles. The third kappa shape index (κ3) is 45.6. The number of hydroxylamine groups is 4. The molecule has 5 rings (SSSR count). The van der Waals surface area contributed by atoms with Crippen LogP contribution in [0.1, 0.15) is 147 Å². The predicted octanol–water partition coefficient (Wildman–Crippen LogP) is 6.48. The van der Waals surface area contributed by atoms with E-state index < -0.39 is 172 Å². The lowest BCUT2D eigenvalue weighted by Crippen LogP contribution is -2.39. The molecule has 0 saturated carbocycles. The third-order valence-electron chi connectivity index (χ3n) is 17.6. The molecule has 2 fully saturated rings. The van der Waals surface area contributed by atoms with Crippen LogP contribution in [-0.2, 0) is 177 Å². The quantitative estimate of drug-likeness (QED) is 0.0133. The monoisotopic (exact) mass is 1820 g/mol. The standard InChI is InChI=1S/C30H38O9.C24H32N2O13.C16H26O9.C13H16O4.C4H10O3.CH4/c1-21(2)25(29(33)38-19-23-11-7-5-8-12-23)27(31)36-17-15-35-16-18-37-28(32)26(22(3)4)30(34)39-20-24-13-9-6-10-14-24;1-13(2)19(23(33)38-25-15(27)5-6-16(25)28)21(31)36-11-9-35-10-12-37-22(32)20(14(3)4)24(34)39-26-17(29)7-8-18(26)30;1-9(2)11(13(17)18)15(21)24-7-5-23-6-8-25-16(22)12(10(3)4)14(19)20;1-9(2)11(12(14)15)13(16)17-8-10-6-4-3-5-7-10;5-1-3-7-4-2-6;/h5-14,21-22,25-26H,15-20H2,1-4H3;13-14,19-20H,5-12H2,1-4H3;9-12H,5-8H2,1-4H3,(H,17,18)(H,19,20);3-7,9,11H,8H2,1-2H3,(H,14,15);5-6H,1-4H2;1H4/t25-,26+;19-,20+;11-,12+;11-;;/m...1../s1. The van der Waals surface area contributed by atoms with Crippen LogP contribution < -0.4 is 0 Å². The first-order valence-electron chi connectivity index (χ1n) is 41.1. The summed E-state index contributed by atoms with van der Waals surface area (Å²) in [5.74, 6) is -26.6. The molecule has 0 unspecified atom stereocenters. The number of rotatable bonds is 51. The number of carboxylic acid groups (broad SMARTS) is 3. The zero-order valence-corrected chi connectivity index (χ0v) is 74.1. The first kappa shape index (κ1) is 116. The second kappa shape index (κ2) is 64.9. The minimum atomic E-state index is -1.38. The van der Waals surface area contributed by atoms with Gasteiger partial charge in [-0.15, -0.1) is 10.1 Å². The highest BCUT2D eigenvalue weighted by Gasteiger charge is 2.43. The van der Waals surface area contributed by atoms with E-state index in [0.717, 1.165) is 16.7 Å².